The van der Waals surface area contributed by atoms with E-state index in [1.807, 2.05) is 39.0 Å². The Bertz CT molecular complexity index is 396. The van der Waals surface area contributed by atoms with E-state index < -0.39 is 12.0 Å². The topological polar surface area (TPSA) is 58.6 Å². The molecule has 0 heterocycles. The molecule has 4 nitrogen and oxygen atoms in total. The zero-order valence-corrected chi connectivity index (χ0v) is 10.7. The summed E-state index contributed by atoms with van der Waals surface area (Å²) >= 11 is 0. The molecule has 0 saturated carbocycles. The Balaban J connectivity index is 2.90. The number of benzene rings is 1. The Kier molecular flexibility index (Phi) is 3.99. The fourth-order valence-corrected chi connectivity index (χ4v) is 1.53. The molecule has 4 heteroatoms. The highest BCUT2D eigenvalue weighted by molar-refractivity contribution is 5.78. The van der Waals surface area contributed by atoms with Crippen molar-refractivity contribution in [3.8, 4) is 5.75 Å². The lowest BCUT2D eigenvalue weighted by atomic mass is 9.86. The van der Waals surface area contributed by atoms with Crippen LogP contribution in [0.3, 0.4) is 0 Å². The summed E-state index contributed by atoms with van der Waals surface area (Å²) < 4.78 is 5.10. The molecule has 0 aromatic heterocycles. The number of anilines is 1. The summed E-state index contributed by atoms with van der Waals surface area (Å²) in [5.74, 6) is -0.159. The van der Waals surface area contributed by atoms with Crippen molar-refractivity contribution >= 4 is 11.7 Å². The van der Waals surface area contributed by atoms with Crippen molar-refractivity contribution in [2.45, 2.75) is 26.8 Å². The molecule has 1 atom stereocenters. The summed E-state index contributed by atoms with van der Waals surface area (Å²) in [4.78, 5) is 11.2. The maximum atomic E-state index is 11.2. The Morgan fingerprint density at radius 1 is 1.41 bits per heavy atom. The van der Waals surface area contributed by atoms with Crippen molar-refractivity contribution in [2.75, 3.05) is 12.4 Å². The first-order valence-corrected chi connectivity index (χ1v) is 5.48. The minimum Gasteiger partial charge on any atom is -0.497 e. The maximum absolute atomic E-state index is 11.2. The van der Waals surface area contributed by atoms with E-state index in [1.54, 1.807) is 13.2 Å². The monoisotopic (exact) mass is 237 g/mol. The largest absolute Gasteiger partial charge is 0.497 e. The van der Waals surface area contributed by atoms with E-state index in [4.69, 9.17) is 4.74 Å². The van der Waals surface area contributed by atoms with Crippen LogP contribution in [0.1, 0.15) is 20.8 Å². The highest BCUT2D eigenvalue weighted by Crippen LogP contribution is 2.25. The highest BCUT2D eigenvalue weighted by Gasteiger charge is 2.31. The van der Waals surface area contributed by atoms with Crippen LogP contribution in [0, 0.1) is 5.41 Å². The van der Waals surface area contributed by atoms with Gasteiger partial charge in [0.1, 0.15) is 11.8 Å². The van der Waals surface area contributed by atoms with Gasteiger partial charge in [-0.3, -0.25) is 0 Å². The van der Waals surface area contributed by atoms with Gasteiger partial charge in [-0.15, -0.1) is 0 Å². The summed E-state index contributed by atoms with van der Waals surface area (Å²) in [6.45, 7) is 5.66. The van der Waals surface area contributed by atoms with Gasteiger partial charge in [0.2, 0.25) is 0 Å². The normalized spacial score (nSPS) is 12.9. The molecule has 1 unspecified atom stereocenters. The predicted molar refractivity (Wildman–Crippen MR) is 67.5 cm³/mol. The standard InChI is InChI=1S/C13H19NO3/c1-13(2,3)11(12(15)16)14-9-6-5-7-10(8-9)17-4/h5-8,11,14H,1-4H3,(H,15,16). The zero-order chi connectivity index (χ0) is 13.1. The van der Waals surface area contributed by atoms with Gasteiger partial charge < -0.3 is 15.2 Å². The third-order valence-electron chi connectivity index (χ3n) is 2.49. The molecule has 0 aliphatic rings. The van der Waals surface area contributed by atoms with Crippen LogP contribution >= 0.6 is 0 Å². The molecular weight excluding hydrogens is 218 g/mol. The molecule has 0 aliphatic carbocycles. The Hall–Kier alpha value is -1.71. The average Bonchev–Trinajstić information content (AvgIpc) is 2.24. The van der Waals surface area contributed by atoms with Gasteiger partial charge in [-0.2, -0.15) is 0 Å². The van der Waals surface area contributed by atoms with E-state index in [0.717, 1.165) is 5.69 Å². The Morgan fingerprint density at radius 3 is 2.53 bits per heavy atom. The fraction of sp³-hybridized carbons (Fsp3) is 0.462. The van der Waals surface area contributed by atoms with Gasteiger partial charge in [0, 0.05) is 11.8 Å². The lowest BCUT2D eigenvalue weighted by Crippen LogP contribution is -2.41. The van der Waals surface area contributed by atoms with Crippen LogP contribution in [0.25, 0.3) is 0 Å². The molecule has 1 aromatic carbocycles. The third kappa shape index (κ3) is 3.66. The Morgan fingerprint density at radius 2 is 2.06 bits per heavy atom. The summed E-state index contributed by atoms with van der Waals surface area (Å²) in [5, 5.41) is 12.2. The fourth-order valence-electron chi connectivity index (χ4n) is 1.53. The van der Waals surface area contributed by atoms with Crippen molar-refractivity contribution < 1.29 is 14.6 Å². The number of carbonyl (C=O) groups is 1. The molecular formula is C13H19NO3. The third-order valence-corrected chi connectivity index (χ3v) is 2.49. The molecule has 0 radical (unpaired) electrons. The van der Waals surface area contributed by atoms with Crippen molar-refractivity contribution in [3.63, 3.8) is 0 Å². The number of ether oxygens (including phenoxy) is 1. The number of rotatable bonds is 4. The molecule has 0 amide bonds. The van der Waals surface area contributed by atoms with Crippen LogP contribution in [0.15, 0.2) is 24.3 Å². The molecule has 17 heavy (non-hydrogen) atoms. The van der Waals surface area contributed by atoms with E-state index >= 15 is 0 Å². The summed E-state index contributed by atoms with van der Waals surface area (Å²) in [6.07, 6.45) is 0. The SMILES string of the molecule is COc1cccc(NC(C(=O)O)C(C)(C)C)c1. The number of methoxy groups -OCH3 is 1. The van der Waals surface area contributed by atoms with Gasteiger partial charge in [-0.25, -0.2) is 4.79 Å². The minimum atomic E-state index is -0.861. The summed E-state index contributed by atoms with van der Waals surface area (Å²) in [6, 6.07) is 6.60. The van der Waals surface area contributed by atoms with E-state index in [1.165, 1.54) is 0 Å². The lowest BCUT2D eigenvalue weighted by Gasteiger charge is -2.28. The van der Waals surface area contributed by atoms with Crippen molar-refractivity contribution in [1.82, 2.24) is 0 Å². The lowest BCUT2D eigenvalue weighted by molar-refractivity contribution is -0.140. The van der Waals surface area contributed by atoms with E-state index in [-0.39, 0.29) is 5.41 Å². The first kappa shape index (κ1) is 13.4. The second-order valence-corrected chi connectivity index (χ2v) is 5.01. The first-order valence-electron chi connectivity index (χ1n) is 5.48. The number of carboxylic acids is 1. The van der Waals surface area contributed by atoms with Crippen LogP contribution < -0.4 is 10.1 Å². The summed E-state index contributed by atoms with van der Waals surface area (Å²) in [5.41, 5.74) is 0.376. The van der Waals surface area contributed by atoms with Crippen LogP contribution in [0.4, 0.5) is 5.69 Å². The molecule has 1 rings (SSSR count). The number of nitrogens with one attached hydrogen (secondary N) is 1. The van der Waals surface area contributed by atoms with Gasteiger partial charge in [0.05, 0.1) is 7.11 Å². The van der Waals surface area contributed by atoms with Crippen LogP contribution in [-0.2, 0) is 4.79 Å². The van der Waals surface area contributed by atoms with Crippen LogP contribution in [-0.4, -0.2) is 24.2 Å². The highest BCUT2D eigenvalue weighted by atomic mass is 16.5. The molecule has 0 fully saturated rings. The molecule has 0 bridgehead atoms. The van der Waals surface area contributed by atoms with Gasteiger partial charge >= 0.3 is 5.97 Å². The average molecular weight is 237 g/mol. The van der Waals surface area contributed by atoms with Gasteiger partial charge in [-0.1, -0.05) is 26.8 Å². The van der Waals surface area contributed by atoms with E-state index in [9.17, 15) is 9.90 Å². The van der Waals surface area contributed by atoms with Gasteiger partial charge in [0.15, 0.2) is 0 Å². The molecule has 0 spiro atoms. The second kappa shape index (κ2) is 5.08. The van der Waals surface area contributed by atoms with Gasteiger partial charge in [0.25, 0.3) is 0 Å². The number of hydrogen-bond acceptors (Lipinski definition) is 3. The number of aliphatic carboxylic acids is 1. The Labute approximate surface area is 102 Å². The maximum Gasteiger partial charge on any atom is 0.326 e. The number of hydrogen-bond donors (Lipinski definition) is 2. The summed E-state index contributed by atoms with van der Waals surface area (Å²) in [7, 11) is 1.58. The smallest absolute Gasteiger partial charge is 0.326 e. The molecule has 1 aromatic rings. The molecule has 2 N–H and O–H groups in total. The van der Waals surface area contributed by atoms with Crippen molar-refractivity contribution in [3.05, 3.63) is 24.3 Å². The first-order chi connectivity index (χ1) is 7.84. The van der Waals surface area contributed by atoms with Crippen LogP contribution in [0.2, 0.25) is 0 Å². The second-order valence-electron chi connectivity index (χ2n) is 5.01. The van der Waals surface area contributed by atoms with Gasteiger partial charge in [-0.05, 0) is 17.5 Å². The molecule has 0 saturated heterocycles. The van der Waals surface area contributed by atoms with E-state index in [2.05, 4.69) is 5.32 Å². The number of carboxylic acid groups (broad SMARTS) is 1. The zero-order valence-electron chi connectivity index (χ0n) is 10.7. The molecule has 0 aliphatic heterocycles. The minimum absolute atomic E-state index is 0.366. The quantitative estimate of drug-likeness (QED) is 0.845. The van der Waals surface area contributed by atoms with Crippen LogP contribution in [0.5, 0.6) is 5.75 Å². The van der Waals surface area contributed by atoms with E-state index in [0.29, 0.717) is 5.75 Å². The van der Waals surface area contributed by atoms with Crippen molar-refractivity contribution in [2.24, 2.45) is 5.41 Å². The molecule has 94 valence electrons. The predicted octanol–water partition coefficient (Wildman–Crippen LogP) is 2.61. The van der Waals surface area contributed by atoms with Crippen molar-refractivity contribution in [1.29, 1.82) is 0 Å².